The third-order valence-electron chi connectivity index (χ3n) is 3.16. The van der Waals surface area contributed by atoms with Crippen molar-refractivity contribution in [2.45, 2.75) is 39.4 Å². The highest BCUT2D eigenvalue weighted by Crippen LogP contribution is 2.32. The number of amides is 1. The second-order valence-electron chi connectivity index (χ2n) is 4.96. The Labute approximate surface area is 133 Å². The standard InChI is InChI=1S/C13H14BrF3N4O/c1-4-6(2)19-12(22)10-9(14)11-18-7(3)5-8(13(15,16)17)21(11)20-10/h5-6H,4H2,1-3H3,(H,19,22). The van der Waals surface area contributed by atoms with Crippen LogP contribution in [0.15, 0.2) is 10.5 Å². The highest BCUT2D eigenvalue weighted by molar-refractivity contribution is 9.10. The first-order chi connectivity index (χ1) is 10.1. The molecule has 0 aliphatic rings. The molecule has 1 atom stereocenters. The largest absolute Gasteiger partial charge is 0.433 e. The number of halogens is 4. The van der Waals surface area contributed by atoms with Crippen LogP contribution in [0.25, 0.3) is 5.65 Å². The molecule has 2 rings (SSSR count). The third-order valence-corrected chi connectivity index (χ3v) is 3.89. The number of nitrogens with one attached hydrogen (secondary N) is 1. The molecule has 0 aliphatic heterocycles. The minimum absolute atomic E-state index is 0.0402. The molecule has 2 heterocycles. The first-order valence-corrected chi connectivity index (χ1v) is 7.38. The Kier molecular flexibility index (Phi) is 4.46. The number of aryl methyl sites for hydroxylation is 1. The fourth-order valence-corrected chi connectivity index (χ4v) is 2.37. The van der Waals surface area contributed by atoms with Crippen LogP contribution in [0.1, 0.15) is 42.1 Å². The van der Waals surface area contributed by atoms with Gasteiger partial charge >= 0.3 is 6.18 Å². The normalized spacial score (nSPS) is 13.4. The third kappa shape index (κ3) is 3.08. The second kappa shape index (κ2) is 5.86. The Bertz CT molecular complexity index is 726. The van der Waals surface area contributed by atoms with Gasteiger partial charge in [0.1, 0.15) is 5.69 Å². The topological polar surface area (TPSA) is 59.3 Å². The van der Waals surface area contributed by atoms with Gasteiger partial charge in [-0.05, 0) is 42.3 Å². The van der Waals surface area contributed by atoms with Crippen LogP contribution >= 0.6 is 15.9 Å². The van der Waals surface area contributed by atoms with E-state index in [0.717, 1.165) is 6.07 Å². The van der Waals surface area contributed by atoms with Gasteiger partial charge in [-0.1, -0.05) is 6.92 Å². The number of nitrogens with zero attached hydrogens (tertiary/aromatic N) is 3. The number of carbonyl (C=O) groups is 1. The zero-order valence-electron chi connectivity index (χ0n) is 12.1. The average Bonchev–Trinajstić information content (AvgIpc) is 2.74. The molecule has 1 N–H and O–H groups in total. The smallest absolute Gasteiger partial charge is 0.348 e. The van der Waals surface area contributed by atoms with E-state index in [-0.39, 0.29) is 27.5 Å². The molecular weight excluding hydrogens is 365 g/mol. The predicted octanol–water partition coefficient (Wildman–Crippen LogP) is 3.35. The first kappa shape index (κ1) is 16.7. The lowest BCUT2D eigenvalue weighted by Crippen LogP contribution is -2.32. The van der Waals surface area contributed by atoms with E-state index in [2.05, 4.69) is 31.3 Å². The molecule has 0 aliphatic carbocycles. The van der Waals surface area contributed by atoms with Crippen molar-refractivity contribution < 1.29 is 18.0 Å². The molecule has 22 heavy (non-hydrogen) atoms. The van der Waals surface area contributed by atoms with Crippen LogP contribution < -0.4 is 5.32 Å². The van der Waals surface area contributed by atoms with Crippen LogP contribution in [0, 0.1) is 6.92 Å². The molecule has 0 aromatic carbocycles. The first-order valence-electron chi connectivity index (χ1n) is 6.59. The highest BCUT2D eigenvalue weighted by atomic mass is 79.9. The van der Waals surface area contributed by atoms with Gasteiger partial charge in [0, 0.05) is 11.7 Å². The molecule has 0 radical (unpaired) electrons. The molecule has 0 saturated heterocycles. The van der Waals surface area contributed by atoms with E-state index >= 15 is 0 Å². The maximum absolute atomic E-state index is 13.1. The Morgan fingerprint density at radius 3 is 2.68 bits per heavy atom. The van der Waals surface area contributed by atoms with Crippen LogP contribution in [0.4, 0.5) is 13.2 Å². The maximum atomic E-state index is 13.1. The molecule has 5 nitrogen and oxygen atoms in total. The van der Waals surface area contributed by atoms with E-state index < -0.39 is 17.8 Å². The van der Waals surface area contributed by atoms with Gasteiger partial charge in [0.2, 0.25) is 0 Å². The molecule has 2 aromatic rings. The number of alkyl halides is 3. The van der Waals surface area contributed by atoms with Crippen molar-refractivity contribution in [3.63, 3.8) is 0 Å². The van der Waals surface area contributed by atoms with E-state index in [4.69, 9.17) is 0 Å². The Hall–Kier alpha value is -1.64. The molecule has 1 unspecified atom stereocenters. The molecule has 2 aromatic heterocycles. The summed E-state index contributed by atoms with van der Waals surface area (Å²) in [4.78, 5) is 16.1. The van der Waals surface area contributed by atoms with Gasteiger partial charge in [-0.3, -0.25) is 4.79 Å². The monoisotopic (exact) mass is 378 g/mol. The molecule has 0 bridgehead atoms. The van der Waals surface area contributed by atoms with Crippen LogP contribution in [0.5, 0.6) is 0 Å². The van der Waals surface area contributed by atoms with Crippen molar-refractivity contribution in [3.8, 4) is 0 Å². The summed E-state index contributed by atoms with van der Waals surface area (Å²) in [6.45, 7) is 5.13. The summed E-state index contributed by atoms with van der Waals surface area (Å²) >= 11 is 3.13. The zero-order valence-corrected chi connectivity index (χ0v) is 13.7. The fraction of sp³-hybridized carbons (Fsp3) is 0.462. The number of fused-ring (bicyclic) bond motifs is 1. The van der Waals surface area contributed by atoms with Gasteiger partial charge in [0.25, 0.3) is 5.91 Å². The lowest BCUT2D eigenvalue weighted by Gasteiger charge is -2.09. The molecule has 1 amide bonds. The SMILES string of the molecule is CCC(C)NC(=O)c1nn2c(C(F)(F)F)cc(C)nc2c1Br. The Morgan fingerprint density at radius 2 is 2.14 bits per heavy atom. The summed E-state index contributed by atoms with van der Waals surface area (Å²) < 4.78 is 40.1. The summed E-state index contributed by atoms with van der Waals surface area (Å²) in [6, 6.07) is 0.781. The summed E-state index contributed by atoms with van der Waals surface area (Å²) in [5.74, 6) is -0.544. The van der Waals surface area contributed by atoms with Crippen molar-refractivity contribution in [1.82, 2.24) is 19.9 Å². The van der Waals surface area contributed by atoms with Crippen molar-refractivity contribution >= 4 is 27.5 Å². The van der Waals surface area contributed by atoms with Crippen LogP contribution in [0.2, 0.25) is 0 Å². The van der Waals surface area contributed by atoms with Gasteiger partial charge in [0.05, 0.1) is 4.47 Å². The molecule has 0 fully saturated rings. The quantitative estimate of drug-likeness (QED) is 0.890. The van der Waals surface area contributed by atoms with E-state index in [9.17, 15) is 18.0 Å². The van der Waals surface area contributed by atoms with Gasteiger partial charge in [-0.2, -0.15) is 18.3 Å². The number of rotatable bonds is 3. The Morgan fingerprint density at radius 1 is 1.50 bits per heavy atom. The van der Waals surface area contributed by atoms with Gasteiger partial charge in [-0.25, -0.2) is 9.50 Å². The summed E-state index contributed by atoms with van der Waals surface area (Å²) in [5, 5.41) is 6.45. The maximum Gasteiger partial charge on any atom is 0.433 e. The summed E-state index contributed by atoms with van der Waals surface area (Å²) in [5.41, 5.74) is -0.946. The average molecular weight is 379 g/mol. The number of hydrogen-bond donors (Lipinski definition) is 1. The van der Waals surface area contributed by atoms with Gasteiger partial charge in [0.15, 0.2) is 11.3 Å². The van der Waals surface area contributed by atoms with Gasteiger partial charge < -0.3 is 5.32 Å². The van der Waals surface area contributed by atoms with E-state index in [1.54, 1.807) is 6.92 Å². The van der Waals surface area contributed by atoms with Crippen molar-refractivity contribution in [1.29, 1.82) is 0 Å². The van der Waals surface area contributed by atoms with Crippen molar-refractivity contribution in [2.24, 2.45) is 0 Å². The lowest BCUT2D eigenvalue weighted by molar-refractivity contribution is -0.142. The summed E-state index contributed by atoms with van der Waals surface area (Å²) in [7, 11) is 0. The number of hydrogen-bond acceptors (Lipinski definition) is 3. The second-order valence-corrected chi connectivity index (χ2v) is 5.75. The molecule has 120 valence electrons. The lowest BCUT2D eigenvalue weighted by atomic mass is 10.2. The zero-order chi connectivity index (χ0) is 16.7. The highest BCUT2D eigenvalue weighted by Gasteiger charge is 2.36. The fourth-order valence-electron chi connectivity index (χ4n) is 1.85. The molecular formula is C13H14BrF3N4O. The molecule has 9 heteroatoms. The minimum Gasteiger partial charge on any atom is -0.348 e. The number of aromatic nitrogens is 3. The van der Waals surface area contributed by atoms with E-state index in [0.29, 0.717) is 10.9 Å². The summed E-state index contributed by atoms with van der Waals surface area (Å²) in [6.07, 6.45) is -3.90. The molecule has 0 spiro atoms. The predicted molar refractivity (Wildman–Crippen MR) is 77.6 cm³/mol. The number of carbonyl (C=O) groups excluding carboxylic acids is 1. The van der Waals surface area contributed by atoms with Crippen molar-refractivity contribution in [3.05, 3.63) is 27.6 Å². The van der Waals surface area contributed by atoms with E-state index in [1.165, 1.54) is 6.92 Å². The Balaban J connectivity index is 2.60. The van der Waals surface area contributed by atoms with Crippen LogP contribution in [0.3, 0.4) is 0 Å². The van der Waals surface area contributed by atoms with Gasteiger partial charge in [-0.15, -0.1) is 0 Å². The van der Waals surface area contributed by atoms with Crippen LogP contribution in [-0.4, -0.2) is 26.5 Å². The molecule has 0 saturated carbocycles. The minimum atomic E-state index is -4.60. The van der Waals surface area contributed by atoms with Crippen LogP contribution in [-0.2, 0) is 6.18 Å². The van der Waals surface area contributed by atoms with Crippen molar-refractivity contribution in [2.75, 3.05) is 0 Å². The van der Waals surface area contributed by atoms with E-state index in [1.807, 2.05) is 6.92 Å².